The van der Waals surface area contributed by atoms with Gasteiger partial charge in [0.25, 0.3) is 5.88 Å². The van der Waals surface area contributed by atoms with Crippen molar-refractivity contribution in [3.05, 3.63) is 29.4 Å². The van der Waals surface area contributed by atoms with Crippen molar-refractivity contribution < 1.29 is 13.7 Å². The number of nitrogens with zero attached hydrogens (tertiary/aromatic N) is 4. The van der Waals surface area contributed by atoms with Crippen molar-refractivity contribution in [2.75, 3.05) is 30.2 Å². The van der Waals surface area contributed by atoms with E-state index in [2.05, 4.69) is 30.3 Å². The van der Waals surface area contributed by atoms with E-state index >= 15 is 0 Å². The van der Waals surface area contributed by atoms with Crippen molar-refractivity contribution in [1.29, 1.82) is 0 Å². The normalized spacial score (nSPS) is 17.0. The second kappa shape index (κ2) is 10.8. The summed E-state index contributed by atoms with van der Waals surface area (Å²) < 4.78 is 26.5. The summed E-state index contributed by atoms with van der Waals surface area (Å²) in [5.41, 5.74) is 0.720. The van der Waals surface area contributed by atoms with Gasteiger partial charge < -0.3 is 20.1 Å². The van der Waals surface area contributed by atoms with E-state index in [4.69, 9.17) is 14.5 Å². The molecular weight excluding hydrogens is 486 g/mol. The summed E-state index contributed by atoms with van der Waals surface area (Å²) in [7, 11) is 0.192. The number of piperidine rings is 1. The maximum absolute atomic E-state index is 12.4. The van der Waals surface area contributed by atoms with Crippen LogP contribution in [0.15, 0.2) is 24.4 Å². The molecule has 35 heavy (non-hydrogen) atoms. The molecule has 2 unspecified atom stereocenters. The molecular formula is C23H31N7O3S2. The molecule has 0 amide bonds. The summed E-state index contributed by atoms with van der Waals surface area (Å²) >= 11 is 1.49. The monoisotopic (exact) mass is 517 g/mol. The molecule has 0 bridgehead atoms. The van der Waals surface area contributed by atoms with Gasteiger partial charge in [-0.15, -0.1) is 11.3 Å². The molecule has 1 aliphatic rings. The van der Waals surface area contributed by atoms with Gasteiger partial charge in [0.2, 0.25) is 11.8 Å². The summed E-state index contributed by atoms with van der Waals surface area (Å²) in [5.74, 6) is 2.07. The first-order valence-corrected chi connectivity index (χ1v) is 13.4. The van der Waals surface area contributed by atoms with Crippen molar-refractivity contribution in [3.63, 3.8) is 0 Å². The summed E-state index contributed by atoms with van der Waals surface area (Å²) in [5, 5.41) is 7.64. The van der Waals surface area contributed by atoms with E-state index in [-0.39, 0.29) is 5.88 Å². The number of hydrogen-bond donors (Lipinski definition) is 3. The lowest BCUT2D eigenvalue weighted by Crippen LogP contribution is -2.38. The van der Waals surface area contributed by atoms with E-state index in [0.29, 0.717) is 29.4 Å². The summed E-state index contributed by atoms with van der Waals surface area (Å²) in [6.07, 6.45) is 3.94. The summed E-state index contributed by atoms with van der Waals surface area (Å²) in [6.45, 7) is 9.51. The van der Waals surface area contributed by atoms with Crippen LogP contribution < -0.4 is 24.8 Å². The number of aromatic nitrogens is 4. The number of hydrogen-bond acceptors (Lipinski definition) is 10. The molecule has 3 aromatic heterocycles. The predicted molar refractivity (Wildman–Crippen MR) is 140 cm³/mol. The van der Waals surface area contributed by atoms with Crippen LogP contribution in [-0.2, 0) is 11.0 Å². The predicted octanol–water partition coefficient (Wildman–Crippen LogP) is 4.14. The highest BCUT2D eigenvalue weighted by Gasteiger charge is 2.22. The SMILES string of the molecule is COc1nc(NS(=O)C(C)(C)C)ccc1Oc1nc(C)sc1-c1ccnc(NC2CCCNC2)n1. The number of anilines is 2. The number of methoxy groups -OCH3 is 1. The number of pyridine rings is 1. The van der Waals surface area contributed by atoms with Crippen LogP contribution in [0.5, 0.6) is 17.5 Å². The van der Waals surface area contributed by atoms with Gasteiger partial charge in [0.15, 0.2) is 5.75 Å². The second-order valence-electron chi connectivity index (χ2n) is 9.11. The van der Waals surface area contributed by atoms with E-state index in [1.54, 1.807) is 18.3 Å². The summed E-state index contributed by atoms with van der Waals surface area (Å²) in [4.78, 5) is 18.9. The molecule has 0 aromatic carbocycles. The third-order valence-electron chi connectivity index (χ3n) is 5.20. The fourth-order valence-corrected chi connectivity index (χ4v) is 4.84. The Morgan fingerprint density at radius 2 is 2.00 bits per heavy atom. The van der Waals surface area contributed by atoms with Crippen LogP contribution in [0.4, 0.5) is 11.8 Å². The molecule has 4 rings (SSSR count). The zero-order chi connectivity index (χ0) is 25.0. The number of ether oxygens (including phenoxy) is 2. The van der Waals surface area contributed by atoms with Crippen molar-refractivity contribution in [2.24, 2.45) is 0 Å². The van der Waals surface area contributed by atoms with Gasteiger partial charge in [-0.05, 0) is 65.3 Å². The highest BCUT2D eigenvalue weighted by Crippen LogP contribution is 2.39. The van der Waals surface area contributed by atoms with Crippen LogP contribution in [0.1, 0.15) is 38.6 Å². The van der Waals surface area contributed by atoms with Crippen molar-refractivity contribution in [3.8, 4) is 28.1 Å². The van der Waals surface area contributed by atoms with Crippen molar-refractivity contribution in [2.45, 2.75) is 51.3 Å². The average molecular weight is 518 g/mol. The van der Waals surface area contributed by atoms with E-state index < -0.39 is 15.7 Å². The van der Waals surface area contributed by atoms with E-state index in [1.807, 2.05) is 33.8 Å². The molecule has 12 heteroatoms. The molecule has 4 heterocycles. The average Bonchev–Trinajstić information content (AvgIpc) is 3.20. The third kappa shape index (κ3) is 6.44. The molecule has 0 radical (unpaired) electrons. The molecule has 2 atom stereocenters. The molecule has 188 valence electrons. The minimum absolute atomic E-state index is 0.257. The number of thiazole rings is 1. The number of aryl methyl sites for hydroxylation is 1. The number of rotatable bonds is 8. The fourth-order valence-electron chi connectivity index (χ4n) is 3.41. The van der Waals surface area contributed by atoms with Gasteiger partial charge in [0.05, 0.1) is 22.6 Å². The molecule has 1 aliphatic heterocycles. The molecule has 3 N–H and O–H groups in total. The fraction of sp³-hybridized carbons (Fsp3) is 0.478. The van der Waals surface area contributed by atoms with Crippen LogP contribution >= 0.6 is 11.3 Å². The van der Waals surface area contributed by atoms with Crippen LogP contribution in [0.25, 0.3) is 10.6 Å². The van der Waals surface area contributed by atoms with E-state index in [9.17, 15) is 4.21 Å². The molecule has 0 spiro atoms. The lowest BCUT2D eigenvalue weighted by molar-refractivity contribution is 0.361. The quantitative estimate of drug-likeness (QED) is 0.404. The highest BCUT2D eigenvalue weighted by molar-refractivity contribution is 7.87. The number of nitrogens with one attached hydrogen (secondary N) is 3. The minimum atomic E-state index is -1.32. The second-order valence-corrected chi connectivity index (χ2v) is 12.3. The Morgan fingerprint density at radius 1 is 1.17 bits per heavy atom. The first-order valence-electron chi connectivity index (χ1n) is 11.4. The van der Waals surface area contributed by atoms with Gasteiger partial charge in [-0.25, -0.2) is 19.2 Å². The Labute approximate surface area is 211 Å². The largest absolute Gasteiger partial charge is 0.478 e. The topological polar surface area (TPSA) is 123 Å². The van der Waals surface area contributed by atoms with Crippen LogP contribution in [0.3, 0.4) is 0 Å². The highest BCUT2D eigenvalue weighted by atomic mass is 32.2. The third-order valence-corrected chi connectivity index (χ3v) is 7.68. The standard InChI is InChI=1S/C23H31N7O3S2/c1-14-26-21(33-17-8-9-18(29-20(17)32-5)30-35(31)23(2,3)4)19(34-14)16-10-12-25-22(28-16)27-15-7-6-11-24-13-15/h8-10,12,15,24H,6-7,11,13H2,1-5H3,(H,29,30)(H,25,27,28). The van der Waals surface area contributed by atoms with Crippen molar-refractivity contribution in [1.82, 2.24) is 25.3 Å². The minimum Gasteiger partial charge on any atom is -0.478 e. The Bertz CT molecular complexity index is 1190. The van der Waals surface area contributed by atoms with Gasteiger partial charge in [-0.2, -0.15) is 4.98 Å². The van der Waals surface area contributed by atoms with Gasteiger partial charge in [0, 0.05) is 18.8 Å². The lowest BCUT2D eigenvalue weighted by Gasteiger charge is -2.23. The van der Waals surface area contributed by atoms with Gasteiger partial charge in [0.1, 0.15) is 21.7 Å². The Morgan fingerprint density at radius 3 is 2.71 bits per heavy atom. The van der Waals surface area contributed by atoms with Gasteiger partial charge >= 0.3 is 0 Å². The van der Waals surface area contributed by atoms with Gasteiger partial charge in [-0.3, -0.25) is 4.72 Å². The smallest absolute Gasteiger partial charge is 0.259 e. The molecule has 1 saturated heterocycles. The Balaban J connectivity index is 1.56. The first-order chi connectivity index (χ1) is 16.7. The van der Waals surface area contributed by atoms with E-state index in [0.717, 1.165) is 41.5 Å². The van der Waals surface area contributed by atoms with Gasteiger partial charge in [-0.1, -0.05) is 0 Å². The van der Waals surface area contributed by atoms with Crippen LogP contribution in [0, 0.1) is 6.92 Å². The first kappa shape index (κ1) is 25.3. The lowest BCUT2D eigenvalue weighted by atomic mass is 10.1. The maximum Gasteiger partial charge on any atom is 0.259 e. The van der Waals surface area contributed by atoms with Crippen LogP contribution in [-0.4, -0.2) is 55.1 Å². The van der Waals surface area contributed by atoms with Crippen molar-refractivity contribution >= 4 is 34.1 Å². The Kier molecular flexibility index (Phi) is 7.82. The molecule has 0 aliphatic carbocycles. The van der Waals surface area contributed by atoms with E-state index in [1.165, 1.54) is 18.4 Å². The molecule has 1 fully saturated rings. The van der Waals surface area contributed by atoms with Crippen LogP contribution in [0.2, 0.25) is 0 Å². The molecule has 10 nitrogen and oxygen atoms in total. The zero-order valence-corrected chi connectivity index (χ0v) is 22.2. The molecule has 0 saturated carbocycles. The summed E-state index contributed by atoms with van der Waals surface area (Å²) in [6, 6.07) is 5.56. The maximum atomic E-state index is 12.4. The Hall–Kier alpha value is -2.83. The molecule has 3 aromatic rings. The zero-order valence-electron chi connectivity index (χ0n) is 20.5.